The van der Waals surface area contributed by atoms with E-state index in [4.69, 9.17) is 4.74 Å². The van der Waals surface area contributed by atoms with Crippen molar-refractivity contribution >= 4 is 21.8 Å². The van der Waals surface area contributed by atoms with Crippen molar-refractivity contribution in [2.75, 3.05) is 20.7 Å². The molecule has 0 aliphatic carbocycles. The molecule has 1 aliphatic rings. The number of phenols is 1. The maximum atomic E-state index is 11.8. The number of nitrogens with one attached hydrogen (secondary N) is 1. The van der Waals surface area contributed by atoms with Gasteiger partial charge in [0.05, 0.1) is 17.6 Å². The molecule has 1 aliphatic heterocycles. The van der Waals surface area contributed by atoms with E-state index in [2.05, 4.69) is 26.1 Å². The fourth-order valence-electron chi connectivity index (χ4n) is 2.59. The molecule has 2 N–H and O–H groups in total. The van der Waals surface area contributed by atoms with Gasteiger partial charge in [0.25, 0.3) is 0 Å². The zero-order chi connectivity index (χ0) is 14.7. The highest BCUT2D eigenvalue weighted by atomic mass is 79.9. The van der Waals surface area contributed by atoms with Crippen LogP contribution < -0.4 is 10.1 Å². The number of amides is 1. The lowest BCUT2D eigenvalue weighted by molar-refractivity contribution is -0.125. The van der Waals surface area contributed by atoms with Crippen LogP contribution in [-0.2, 0) is 11.3 Å². The van der Waals surface area contributed by atoms with E-state index in [1.807, 2.05) is 6.07 Å². The van der Waals surface area contributed by atoms with Crippen molar-refractivity contribution in [2.45, 2.75) is 25.4 Å². The quantitative estimate of drug-likeness (QED) is 0.876. The molecule has 0 aromatic heterocycles. The number of hydrogen-bond donors (Lipinski definition) is 2. The topological polar surface area (TPSA) is 61.8 Å². The number of carbonyl (C=O) groups excluding carboxylic acids is 1. The normalized spacial score (nSPS) is 19.1. The van der Waals surface area contributed by atoms with Gasteiger partial charge in [-0.2, -0.15) is 0 Å². The van der Waals surface area contributed by atoms with Gasteiger partial charge in [0, 0.05) is 13.6 Å². The van der Waals surface area contributed by atoms with Crippen LogP contribution >= 0.6 is 15.9 Å². The molecule has 1 heterocycles. The Kier molecular flexibility index (Phi) is 4.88. The molecule has 1 fully saturated rings. The maximum absolute atomic E-state index is 11.8. The summed E-state index contributed by atoms with van der Waals surface area (Å²) in [5.74, 6) is 0.595. The van der Waals surface area contributed by atoms with Gasteiger partial charge in [-0.15, -0.1) is 0 Å². The SMILES string of the molecule is CNC(=O)C1CCCN1Cc1cc(Br)c(O)c(OC)c1. The summed E-state index contributed by atoms with van der Waals surface area (Å²) in [5, 5.41) is 12.5. The Morgan fingerprint density at radius 3 is 3.00 bits per heavy atom. The molecular formula is C14H19BrN2O3. The van der Waals surface area contributed by atoms with Crippen molar-refractivity contribution in [3.63, 3.8) is 0 Å². The van der Waals surface area contributed by atoms with E-state index in [9.17, 15) is 9.90 Å². The molecule has 110 valence electrons. The minimum atomic E-state index is -0.0708. The molecule has 0 radical (unpaired) electrons. The molecule has 1 unspecified atom stereocenters. The van der Waals surface area contributed by atoms with Crippen molar-refractivity contribution in [2.24, 2.45) is 0 Å². The van der Waals surface area contributed by atoms with Crippen LogP contribution in [0.1, 0.15) is 18.4 Å². The van der Waals surface area contributed by atoms with Crippen LogP contribution in [0.5, 0.6) is 11.5 Å². The predicted molar refractivity (Wildman–Crippen MR) is 79.9 cm³/mol. The van der Waals surface area contributed by atoms with E-state index in [1.165, 1.54) is 7.11 Å². The van der Waals surface area contributed by atoms with Gasteiger partial charge < -0.3 is 15.2 Å². The van der Waals surface area contributed by atoms with Gasteiger partial charge in [0.2, 0.25) is 5.91 Å². The summed E-state index contributed by atoms with van der Waals surface area (Å²) in [7, 11) is 3.19. The third-order valence-corrected chi connectivity index (χ3v) is 4.21. The molecule has 0 spiro atoms. The highest BCUT2D eigenvalue weighted by molar-refractivity contribution is 9.10. The predicted octanol–water partition coefficient (Wildman–Crippen LogP) is 1.87. The lowest BCUT2D eigenvalue weighted by atomic mass is 10.1. The van der Waals surface area contributed by atoms with Gasteiger partial charge in [-0.25, -0.2) is 0 Å². The highest BCUT2D eigenvalue weighted by Gasteiger charge is 2.30. The van der Waals surface area contributed by atoms with Crippen LogP contribution in [0, 0.1) is 0 Å². The summed E-state index contributed by atoms with van der Waals surface area (Å²) >= 11 is 3.32. The first-order valence-corrected chi connectivity index (χ1v) is 7.37. The number of aromatic hydroxyl groups is 1. The number of ether oxygens (including phenoxy) is 1. The molecule has 6 heteroatoms. The van der Waals surface area contributed by atoms with Crippen molar-refractivity contribution in [3.05, 3.63) is 22.2 Å². The van der Waals surface area contributed by atoms with Gasteiger partial charge in [0.15, 0.2) is 11.5 Å². The first-order valence-electron chi connectivity index (χ1n) is 6.57. The van der Waals surface area contributed by atoms with E-state index >= 15 is 0 Å². The third-order valence-electron chi connectivity index (χ3n) is 3.61. The Balaban J connectivity index is 2.17. The molecule has 1 aromatic carbocycles. The molecule has 0 bridgehead atoms. The lowest BCUT2D eigenvalue weighted by Crippen LogP contribution is -2.41. The average molecular weight is 343 g/mol. The summed E-state index contributed by atoms with van der Waals surface area (Å²) in [6.45, 7) is 1.56. The fourth-order valence-corrected chi connectivity index (χ4v) is 3.08. The van der Waals surface area contributed by atoms with Crippen molar-refractivity contribution in [1.82, 2.24) is 10.2 Å². The number of rotatable bonds is 4. The Morgan fingerprint density at radius 1 is 1.60 bits per heavy atom. The molecule has 20 heavy (non-hydrogen) atoms. The van der Waals surface area contributed by atoms with Crippen LogP contribution in [0.4, 0.5) is 0 Å². The van der Waals surface area contributed by atoms with Gasteiger partial charge in [0.1, 0.15) is 0 Å². The Hall–Kier alpha value is -1.27. The lowest BCUT2D eigenvalue weighted by Gasteiger charge is -2.23. The smallest absolute Gasteiger partial charge is 0.237 e. The van der Waals surface area contributed by atoms with Crippen molar-refractivity contribution in [1.29, 1.82) is 0 Å². The first kappa shape index (κ1) is 15.1. The van der Waals surface area contributed by atoms with Crippen LogP contribution in [0.15, 0.2) is 16.6 Å². The third kappa shape index (κ3) is 3.07. The second kappa shape index (κ2) is 6.45. The highest BCUT2D eigenvalue weighted by Crippen LogP contribution is 2.36. The standard InChI is InChI=1S/C14H19BrN2O3/c1-16-14(19)11-4-3-5-17(11)8-9-6-10(15)13(18)12(7-9)20-2/h6-7,11,18H,3-5,8H2,1-2H3,(H,16,19). The molecule has 1 amide bonds. The van der Waals surface area contributed by atoms with Crippen molar-refractivity contribution < 1.29 is 14.6 Å². The number of nitrogens with zero attached hydrogens (tertiary/aromatic N) is 1. The molecule has 1 atom stereocenters. The molecule has 2 rings (SSSR count). The fraction of sp³-hybridized carbons (Fsp3) is 0.500. The van der Waals surface area contributed by atoms with E-state index < -0.39 is 0 Å². The number of halogens is 1. The van der Waals surface area contributed by atoms with Gasteiger partial charge >= 0.3 is 0 Å². The largest absolute Gasteiger partial charge is 0.503 e. The Morgan fingerprint density at radius 2 is 2.35 bits per heavy atom. The Labute approximate surface area is 127 Å². The van der Waals surface area contributed by atoms with Gasteiger partial charge in [-0.1, -0.05) is 0 Å². The number of hydrogen-bond acceptors (Lipinski definition) is 4. The van der Waals surface area contributed by atoms with Crippen LogP contribution in [0.25, 0.3) is 0 Å². The number of benzene rings is 1. The zero-order valence-electron chi connectivity index (χ0n) is 11.6. The minimum Gasteiger partial charge on any atom is -0.503 e. The zero-order valence-corrected chi connectivity index (χ0v) is 13.2. The second-order valence-electron chi connectivity index (χ2n) is 4.87. The maximum Gasteiger partial charge on any atom is 0.237 e. The van der Waals surface area contributed by atoms with Crippen molar-refractivity contribution in [3.8, 4) is 11.5 Å². The van der Waals surface area contributed by atoms with E-state index in [0.29, 0.717) is 16.8 Å². The van der Waals surface area contributed by atoms with Gasteiger partial charge in [-0.3, -0.25) is 9.69 Å². The number of phenolic OH excluding ortho intramolecular Hbond substituents is 1. The second-order valence-corrected chi connectivity index (χ2v) is 5.73. The number of methoxy groups -OCH3 is 1. The molecule has 1 saturated heterocycles. The number of likely N-dealkylation sites (N-methyl/N-ethyl adjacent to an activating group) is 1. The van der Waals surface area contributed by atoms with Crippen LogP contribution in [-0.4, -0.2) is 42.7 Å². The van der Waals surface area contributed by atoms with E-state index in [-0.39, 0.29) is 17.7 Å². The molecule has 5 nitrogen and oxygen atoms in total. The Bertz CT molecular complexity index is 507. The number of likely N-dealkylation sites (tertiary alicyclic amines) is 1. The number of carbonyl (C=O) groups is 1. The summed E-state index contributed by atoms with van der Waals surface area (Å²) in [5.41, 5.74) is 1.00. The minimum absolute atomic E-state index is 0.0623. The van der Waals surface area contributed by atoms with Crippen LogP contribution in [0.3, 0.4) is 0 Å². The summed E-state index contributed by atoms with van der Waals surface area (Å²) in [6.07, 6.45) is 1.91. The molecular weight excluding hydrogens is 324 g/mol. The van der Waals surface area contributed by atoms with E-state index in [0.717, 1.165) is 24.9 Å². The monoisotopic (exact) mass is 342 g/mol. The summed E-state index contributed by atoms with van der Waals surface area (Å²) in [4.78, 5) is 14.0. The summed E-state index contributed by atoms with van der Waals surface area (Å²) in [6, 6.07) is 3.59. The van der Waals surface area contributed by atoms with Gasteiger partial charge in [-0.05, 0) is 53.0 Å². The first-order chi connectivity index (χ1) is 9.56. The van der Waals surface area contributed by atoms with Crippen LogP contribution in [0.2, 0.25) is 0 Å². The molecule has 1 aromatic rings. The molecule has 0 saturated carbocycles. The summed E-state index contributed by atoms with van der Waals surface area (Å²) < 4.78 is 5.75. The van der Waals surface area contributed by atoms with E-state index in [1.54, 1.807) is 13.1 Å². The average Bonchev–Trinajstić information content (AvgIpc) is 2.89.